The molecule has 0 aliphatic rings. The van der Waals surface area contributed by atoms with Gasteiger partial charge in [0, 0.05) is 31.4 Å². The van der Waals surface area contributed by atoms with E-state index in [2.05, 4.69) is 36.3 Å². The number of sulfonamides is 1. The molecule has 7 nitrogen and oxygen atoms in total. The molecule has 0 atom stereocenters. The van der Waals surface area contributed by atoms with Gasteiger partial charge in [-0.25, -0.2) is 17.5 Å². The molecule has 0 spiro atoms. The van der Waals surface area contributed by atoms with Crippen molar-refractivity contribution in [2.45, 2.75) is 38.8 Å². The molecule has 0 saturated carbocycles. The summed E-state index contributed by atoms with van der Waals surface area (Å²) in [4.78, 5) is 12.4. The number of aryl methyl sites for hydroxylation is 2. The number of hydrogen-bond acceptors (Lipinski definition) is 5. The van der Waals surface area contributed by atoms with Crippen LogP contribution in [0.4, 0.5) is 0 Å². The standard InChI is InChI=1S/C25H29N3O4S/c1-18-9-11-21(12-10-18)16-28-20(3)24(19(2)26-28)13-14-25(29)32-17-22-7-6-8-23(15-22)33(30,31)27(4)5/h6-15H,16-17H2,1-5H3. The molecule has 2 aromatic carbocycles. The van der Waals surface area contributed by atoms with E-state index in [4.69, 9.17) is 4.74 Å². The largest absolute Gasteiger partial charge is 0.458 e. The van der Waals surface area contributed by atoms with Crippen molar-refractivity contribution < 1.29 is 17.9 Å². The zero-order valence-corrected chi connectivity index (χ0v) is 20.4. The first-order valence-electron chi connectivity index (χ1n) is 10.5. The number of benzene rings is 2. The van der Waals surface area contributed by atoms with E-state index >= 15 is 0 Å². The van der Waals surface area contributed by atoms with Crippen molar-refractivity contribution in [1.82, 2.24) is 14.1 Å². The first kappa shape index (κ1) is 24.4. The van der Waals surface area contributed by atoms with Gasteiger partial charge < -0.3 is 4.74 Å². The van der Waals surface area contributed by atoms with Gasteiger partial charge in [0.1, 0.15) is 6.61 Å². The van der Waals surface area contributed by atoms with Crippen LogP contribution in [0.3, 0.4) is 0 Å². The zero-order chi connectivity index (χ0) is 24.2. The maximum atomic E-state index is 12.3. The summed E-state index contributed by atoms with van der Waals surface area (Å²) in [6, 6.07) is 14.7. The molecule has 0 aliphatic heterocycles. The van der Waals surface area contributed by atoms with Gasteiger partial charge in [0.25, 0.3) is 0 Å². The predicted molar refractivity (Wildman–Crippen MR) is 128 cm³/mol. The van der Waals surface area contributed by atoms with Gasteiger partial charge in [-0.2, -0.15) is 5.10 Å². The highest BCUT2D eigenvalue weighted by molar-refractivity contribution is 7.89. The van der Waals surface area contributed by atoms with Crippen molar-refractivity contribution in [2.75, 3.05) is 14.1 Å². The number of aromatic nitrogens is 2. The summed E-state index contributed by atoms with van der Waals surface area (Å²) in [7, 11) is -0.603. The lowest BCUT2D eigenvalue weighted by molar-refractivity contribution is -0.138. The minimum Gasteiger partial charge on any atom is -0.458 e. The number of rotatable bonds is 8. The van der Waals surface area contributed by atoms with Crippen LogP contribution in [-0.4, -0.2) is 42.6 Å². The van der Waals surface area contributed by atoms with Crippen LogP contribution in [0.5, 0.6) is 0 Å². The van der Waals surface area contributed by atoms with E-state index in [1.165, 1.54) is 37.9 Å². The fourth-order valence-electron chi connectivity index (χ4n) is 3.33. The van der Waals surface area contributed by atoms with Gasteiger partial charge in [0.15, 0.2) is 0 Å². The van der Waals surface area contributed by atoms with Crippen LogP contribution in [-0.2, 0) is 32.7 Å². The molecular weight excluding hydrogens is 438 g/mol. The second-order valence-corrected chi connectivity index (χ2v) is 10.3. The summed E-state index contributed by atoms with van der Waals surface area (Å²) < 4.78 is 32.9. The van der Waals surface area contributed by atoms with Gasteiger partial charge in [-0.05, 0) is 50.1 Å². The molecule has 174 valence electrons. The summed E-state index contributed by atoms with van der Waals surface area (Å²) in [5.41, 5.74) is 5.61. The minimum absolute atomic E-state index is 0.0232. The molecule has 0 radical (unpaired) electrons. The van der Waals surface area contributed by atoms with E-state index < -0.39 is 16.0 Å². The van der Waals surface area contributed by atoms with Crippen molar-refractivity contribution in [2.24, 2.45) is 0 Å². The molecule has 0 aliphatic carbocycles. The molecule has 0 unspecified atom stereocenters. The lowest BCUT2D eigenvalue weighted by Gasteiger charge is -2.12. The Labute approximate surface area is 195 Å². The van der Waals surface area contributed by atoms with Crippen molar-refractivity contribution in [3.05, 3.63) is 88.2 Å². The fraction of sp³-hybridized carbons (Fsp3) is 0.280. The maximum absolute atomic E-state index is 12.3. The van der Waals surface area contributed by atoms with Gasteiger partial charge in [-0.1, -0.05) is 42.0 Å². The Morgan fingerprint density at radius 1 is 1.06 bits per heavy atom. The Morgan fingerprint density at radius 2 is 1.76 bits per heavy atom. The summed E-state index contributed by atoms with van der Waals surface area (Å²) in [5.74, 6) is -0.513. The number of nitrogens with zero attached hydrogens (tertiary/aromatic N) is 3. The molecule has 0 saturated heterocycles. The molecular formula is C25H29N3O4S. The third kappa shape index (κ3) is 5.97. The van der Waals surface area contributed by atoms with Crippen LogP contribution in [0.25, 0.3) is 6.08 Å². The quantitative estimate of drug-likeness (QED) is 0.371. The van der Waals surface area contributed by atoms with Crippen molar-refractivity contribution in [1.29, 1.82) is 0 Å². The third-order valence-electron chi connectivity index (χ3n) is 5.33. The molecule has 0 N–H and O–H groups in total. The van der Waals surface area contributed by atoms with Gasteiger partial charge in [-0.3, -0.25) is 4.68 Å². The van der Waals surface area contributed by atoms with Crippen LogP contribution in [0.2, 0.25) is 0 Å². The second kappa shape index (κ2) is 10.1. The first-order chi connectivity index (χ1) is 15.6. The highest BCUT2D eigenvalue weighted by Crippen LogP contribution is 2.18. The van der Waals surface area contributed by atoms with Gasteiger partial charge in [0.05, 0.1) is 17.1 Å². The van der Waals surface area contributed by atoms with E-state index in [-0.39, 0.29) is 11.5 Å². The lowest BCUT2D eigenvalue weighted by Crippen LogP contribution is -2.22. The smallest absolute Gasteiger partial charge is 0.331 e. The molecule has 3 aromatic rings. The molecule has 3 rings (SSSR count). The Bertz CT molecular complexity index is 1270. The highest BCUT2D eigenvalue weighted by Gasteiger charge is 2.17. The average Bonchev–Trinajstić information content (AvgIpc) is 3.04. The fourth-order valence-corrected chi connectivity index (χ4v) is 4.31. The topological polar surface area (TPSA) is 81.5 Å². The monoisotopic (exact) mass is 467 g/mol. The van der Waals surface area contributed by atoms with Crippen LogP contribution >= 0.6 is 0 Å². The summed E-state index contributed by atoms with van der Waals surface area (Å²) in [6.45, 7) is 6.55. The number of esters is 1. The maximum Gasteiger partial charge on any atom is 0.331 e. The number of ether oxygens (including phenoxy) is 1. The van der Waals surface area contributed by atoms with Crippen molar-refractivity contribution in [3.8, 4) is 0 Å². The summed E-state index contributed by atoms with van der Waals surface area (Å²) in [6.07, 6.45) is 3.08. The Kier molecular flexibility index (Phi) is 7.50. The van der Waals surface area contributed by atoms with Gasteiger partial charge >= 0.3 is 5.97 Å². The van der Waals surface area contributed by atoms with Crippen LogP contribution < -0.4 is 0 Å². The number of carbonyl (C=O) groups is 1. The minimum atomic E-state index is -3.55. The van der Waals surface area contributed by atoms with Crippen LogP contribution in [0.15, 0.2) is 59.5 Å². The van der Waals surface area contributed by atoms with E-state index in [0.717, 1.165) is 26.8 Å². The highest BCUT2D eigenvalue weighted by atomic mass is 32.2. The molecule has 33 heavy (non-hydrogen) atoms. The number of carbonyl (C=O) groups excluding carboxylic acids is 1. The van der Waals surface area contributed by atoms with E-state index in [1.54, 1.807) is 18.2 Å². The molecule has 1 heterocycles. The Hall–Kier alpha value is -3.23. The second-order valence-electron chi connectivity index (χ2n) is 8.10. The average molecular weight is 468 g/mol. The zero-order valence-electron chi connectivity index (χ0n) is 19.6. The molecule has 8 heteroatoms. The summed E-state index contributed by atoms with van der Waals surface area (Å²) in [5, 5.41) is 4.60. The molecule has 0 bridgehead atoms. The Morgan fingerprint density at radius 3 is 2.42 bits per heavy atom. The lowest BCUT2D eigenvalue weighted by atomic mass is 10.1. The van der Waals surface area contributed by atoms with Crippen LogP contribution in [0, 0.1) is 20.8 Å². The first-order valence-corrected chi connectivity index (χ1v) is 12.0. The molecule has 0 fully saturated rings. The van der Waals surface area contributed by atoms with E-state index in [9.17, 15) is 13.2 Å². The van der Waals surface area contributed by atoms with Crippen LogP contribution in [0.1, 0.15) is 33.6 Å². The molecule has 0 amide bonds. The van der Waals surface area contributed by atoms with Crippen molar-refractivity contribution in [3.63, 3.8) is 0 Å². The van der Waals surface area contributed by atoms with Gasteiger partial charge in [0.2, 0.25) is 10.0 Å². The SMILES string of the molecule is Cc1ccc(Cn2nc(C)c(C=CC(=O)OCc3cccc(S(=O)(=O)N(C)C)c3)c2C)cc1. The van der Waals surface area contributed by atoms with E-state index in [1.807, 2.05) is 18.5 Å². The normalized spacial score (nSPS) is 11.9. The van der Waals surface area contributed by atoms with Gasteiger partial charge in [-0.15, -0.1) is 0 Å². The van der Waals surface area contributed by atoms with Crippen molar-refractivity contribution >= 4 is 22.1 Å². The Balaban J connectivity index is 1.65. The molecule has 1 aromatic heterocycles. The predicted octanol–water partition coefficient (Wildman–Crippen LogP) is 3.86. The number of hydrogen-bond donors (Lipinski definition) is 0. The van der Waals surface area contributed by atoms with E-state index in [0.29, 0.717) is 12.1 Å². The summed E-state index contributed by atoms with van der Waals surface area (Å²) >= 11 is 0. The third-order valence-corrected chi connectivity index (χ3v) is 7.15.